The van der Waals surface area contributed by atoms with E-state index in [1.165, 1.54) is 0 Å². The summed E-state index contributed by atoms with van der Waals surface area (Å²) in [6.45, 7) is 12.4. The molecule has 0 bridgehead atoms. The first-order chi connectivity index (χ1) is 14.5. The summed E-state index contributed by atoms with van der Waals surface area (Å²) in [5, 5.41) is 12.7. The highest BCUT2D eigenvalue weighted by Crippen LogP contribution is 2.20. The Morgan fingerprint density at radius 3 is 2.80 bits per heavy atom. The maximum Gasteiger partial charge on any atom is 0.287 e. The third kappa shape index (κ3) is 4.30. The lowest BCUT2D eigenvalue weighted by Crippen LogP contribution is -2.44. The van der Waals surface area contributed by atoms with Gasteiger partial charge in [-0.25, -0.2) is 14.6 Å². The van der Waals surface area contributed by atoms with Crippen LogP contribution in [0.5, 0.6) is 0 Å². The largest absolute Gasteiger partial charge is 0.413 e. The van der Waals surface area contributed by atoms with Crippen LogP contribution in [0.25, 0.3) is 17.3 Å². The Morgan fingerprint density at radius 2 is 2.03 bits per heavy atom. The lowest BCUT2D eigenvalue weighted by atomic mass is 10.2. The number of pyridine rings is 1. The Kier molecular flexibility index (Phi) is 5.71. The van der Waals surface area contributed by atoms with Crippen LogP contribution in [0.15, 0.2) is 41.5 Å². The standard InChI is InChI=1S/C21H26N8O/c1-5-6-15(2)20-24-25-21(30-20)19-23-16(3)29(26-19)14-17-7-8-22-18(13-17)28-11-9-27(4)10-12-28/h5-8,13H,2,9-12,14H2,1,3-4H3/b6-5-. The average molecular weight is 406 g/mol. The molecule has 0 unspecified atom stereocenters. The molecular formula is C21H26N8O. The van der Waals surface area contributed by atoms with Gasteiger partial charge in [0.1, 0.15) is 11.6 Å². The normalized spacial score (nSPS) is 15.2. The number of anilines is 1. The number of nitrogens with zero attached hydrogens (tertiary/aromatic N) is 8. The minimum Gasteiger partial charge on any atom is -0.413 e. The second-order valence-electron chi connectivity index (χ2n) is 7.39. The van der Waals surface area contributed by atoms with Crippen molar-refractivity contribution in [3.8, 4) is 11.7 Å². The summed E-state index contributed by atoms with van der Waals surface area (Å²) in [7, 11) is 2.15. The summed E-state index contributed by atoms with van der Waals surface area (Å²) in [4.78, 5) is 13.7. The molecule has 1 aliphatic rings. The summed E-state index contributed by atoms with van der Waals surface area (Å²) >= 11 is 0. The number of aryl methyl sites for hydroxylation is 1. The first-order valence-electron chi connectivity index (χ1n) is 9.99. The van der Waals surface area contributed by atoms with Gasteiger partial charge >= 0.3 is 0 Å². The van der Waals surface area contributed by atoms with E-state index in [4.69, 9.17) is 4.42 Å². The molecule has 30 heavy (non-hydrogen) atoms. The van der Waals surface area contributed by atoms with E-state index in [9.17, 15) is 0 Å². The number of piperazine rings is 1. The molecule has 3 aromatic rings. The molecule has 0 spiro atoms. The predicted molar refractivity (Wildman–Crippen MR) is 115 cm³/mol. The van der Waals surface area contributed by atoms with Gasteiger partial charge in [-0.15, -0.1) is 15.3 Å². The van der Waals surface area contributed by atoms with Crippen LogP contribution in [0.1, 0.15) is 24.2 Å². The Morgan fingerprint density at radius 1 is 1.23 bits per heavy atom. The number of allylic oxidation sites excluding steroid dienone is 3. The lowest BCUT2D eigenvalue weighted by molar-refractivity contribution is 0.312. The van der Waals surface area contributed by atoms with Gasteiger partial charge in [0, 0.05) is 37.9 Å². The van der Waals surface area contributed by atoms with Crippen LogP contribution in [-0.2, 0) is 6.54 Å². The second kappa shape index (κ2) is 8.58. The van der Waals surface area contributed by atoms with Gasteiger partial charge in [0.05, 0.1) is 6.54 Å². The van der Waals surface area contributed by atoms with Crippen LogP contribution in [-0.4, -0.2) is 68.1 Å². The molecule has 1 aliphatic heterocycles. The van der Waals surface area contributed by atoms with Gasteiger partial charge in [-0.2, -0.15) is 0 Å². The lowest BCUT2D eigenvalue weighted by Gasteiger charge is -2.33. The van der Waals surface area contributed by atoms with Crippen molar-refractivity contribution in [1.29, 1.82) is 0 Å². The molecule has 0 radical (unpaired) electrons. The molecule has 0 saturated carbocycles. The number of hydrogen-bond acceptors (Lipinski definition) is 8. The first-order valence-corrected chi connectivity index (χ1v) is 9.99. The van der Waals surface area contributed by atoms with Crippen LogP contribution in [0.3, 0.4) is 0 Å². The van der Waals surface area contributed by atoms with Crippen molar-refractivity contribution in [1.82, 2.24) is 34.8 Å². The van der Waals surface area contributed by atoms with Crippen molar-refractivity contribution < 1.29 is 4.42 Å². The quantitative estimate of drug-likeness (QED) is 0.577. The van der Waals surface area contributed by atoms with Gasteiger partial charge in [0.25, 0.3) is 5.89 Å². The molecular weight excluding hydrogens is 380 g/mol. The molecule has 4 heterocycles. The maximum atomic E-state index is 5.68. The number of likely N-dealkylation sites (N-methyl/N-ethyl adjacent to an activating group) is 1. The van der Waals surface area contributed by atoms with Gasteiger partial charge < -0.3 is 14.2 Å². The van der Waals surface area contributed by atoms with Crippen LogP contribution in [0, 0.1) is 6.92 Å². The maximum absolute atomic E-state index is 5.68. The molecule has 9 nitrogen and oxygen atoms in total. The molecule has 156 valence electrons. The van der Waals surface area contributed by atoms with Crippen LogP contribution in [0.2, 0.25) is 0 Å². The zero-order valence-electron chi connectivity index (χ0n) is 17.6. The van der Waals surface area contributed by atoms with Crippen molar-refractivity contribution >= 4 is 11.4 Å². The molecule has 3 aromatic heterocycles. The summed E-state index contributed by atoms with van der Waals surface area (Å²) in [6, 6.07) is 4.13. The second-order valence-corrected chi connectivity index (χ2v) is 7.39. The fraction of sp³-hybridized carbons (Fsp3) is 0.381. The summed E-state index contributed by atoms with van der Waals surface area (Å²) in [5.41, 5.74) is 1.77. The van der Waals surface area contributed by atoms with E-state index >= 15 is 0 Å². The molecule has 0 aliphatic carbocycles. The number of hydrogen-bond donors (Lipinski definition) is 0. The molecule has 1 saturated heterocycles. The van der Waals surface area contributed by atoms with E-state index in [0.717, 1.165) is 43.4 Å². The van der Waals surface area contributed by atoms with E-state index in [1.807, 2.05) is 42.9 Å². The van der Waals surface area contributed by atoms with Crippen molar-refractivity contribution in [2.45, 2.75) is 20.4 Å². The average Bonchev–Trinajstić information content (AvgIpc) is 3.36. The SMILES string of the molecule is C=C(/C=C\C)c1nnc(-c2nc(C)n(Cc3ccnc(N4CCN(C)CC4)c3)n2)o1. The third-order valence-electron chi connectivity index (χ3n) is 5.09. The van der Waals surface area contributed by atoms with E-state index < -0.39 is 0 Å². The highest BCUT2D eigenvalue weighted by molar-refractivity contribution is 5.66. The highest BCUT2D eigenvalue weighted by Gasteiger charge is 2.18. The molecule has 1 fully saturated rings. The van der Waals surface area contributed by atoms with Crippen molar-refractivity contribution in [3.05, 3.63) is 54.3 Å². The molecule has 9 heteroatoms. The topological polar surface area (TPSA) is 89.0 Å². The fourth-order valence-corrected chi connectivity index (χ4v) is 3.32. The molecule has 4 rings (SSSR count). The summed E-state index contributed by atoms with van der Waals surface area (Å²) in [6.07, 6.45) is 5.54. The number of aromatic nitrogens is 6. The Bertz CT molecular complexity index is 1060. The van der Waals surface area contributed by atoms with E-state index in [-0.39, 0.29) is 5.89 Å². The molecule has 0 aromatic carbocycles. The summed E-state index contributed by atoms with van der Waals surface area (Å²) < 4.78 is 7.51. The predicted octanol–water partition coefficient (Wildman–Crippen LogP) is 2.42. The Labute approximate surface area is 175 Å². The van der Waals surface area contributed by atoms with Gasteiger partial charge in [-0.05, 0) is 38.6 Å². The van der Waals surface area contributed by atoms with Gasteiger partial charge in [-0.1, -0.05) is 18.7 Å². The van der Waals surface area contributed by atoms with Crippen molar-refractivity contribution in [2.75, 3.05) is 38.1 Å². The zero-order chi connectivity index (χ0) is 21.1. The monoisotopic (exact) mass is 406 g/mol. The summed E-state index contributed by atoms with van der Waals surface area (Å²) in [5.74, 6) is 2.83. The Hall–Kier alpha value is -3.33. The molecule has 0 amide bonds. The minimum absolute atomic E-state index is 0.283. The molecule has 0 atom stereocenters. The van der Waals surface area contributed by atoms with E-state index in [0.29, 0.717) is 23.8 Å². The third-order valence-corrected chi connectivity index (χ3v) is 5.09. The van der Waals surface area contributed by atoms with Gasteiger partial charge in [0.15, 0.2) is 0 Å². The minimum atomic E-state index is 0.283. The van der Waals surface area contributed by atoms with Gasteiger partial charge in [-0.3, -0.25) is 0 Å². The molecule has 0 N–H and O–H groups in total. The van der Waals surface area contributed by atoms with Crippen LogP contribution >= 0.6 is 0 Å². The van der Waals surface area contributed by atoms with Crippen LogP contribution < -0.4 is 4.90 Å². The zero-order valence-corrected chi connectivity index (χ0v) is 17.6. The van der Waals surface area contributed by atoms with Crippen LogP contribution in [0.4, 0.5) is 5.82 Å². The van der Waals surface area contributed by atoms with Gasteiger partial charge in [0.2, 0.25) is 11.7 Å². The fourth-order valence-electron chi connectivity index (χ4n) is 3.32. The van der Waals surface area contributed by atoms with E-state index in [1.54, 1.807) is 0 Å². The van der Waals surface area contributed by atoms with E-state index in [2.05, 4.69) is 54.8 Å². The first kappa shape index (κ1) is 20.0. The number of rotatable bonds is 6. The van der Waals surface area contributed by atoms with Crippen molar-refractivity contribution in [2.24, 2.45) is 0 Å². The Balaban J connectivity index is 1.51. The smallest absolute Gasteiger partial charge is 0.287 e. The highest BCUT2D eigenvalue weighted by atomic mass is 16.4. The van der Waals surface area contributed by atoms with Crippen molar-refractivity contribution in [3.63, 3.8) is 0 Å².